The van der Waals surface area contributed by atoms with Gasteiger partial charge in [-0.15, -0.1) is 0 Å². The maximum Gasteiger partial charge on any atom is 0.333 e. The number of nitrogens with one attached hydrogen (secondary N) is 2. The number of aliphatic hydroxyl groups is 2. The van der Waals surface area contributed by atoms with Crippen molar-refractivity contribution in [3.63, 3.8) is 0 Å². The number of aliphatic hydroxyl groups excluding tert-OH is 2. The van der Waals surface area contributed by atoms with Crippen LogP contribution in [0.1, 0.15) is 27.7 Å². The van der Waals surface area contributed by atoms with E-state index in [4.69, 9.17) is 9.47 Å². The van der Waals surface area contributed by atoms with Crippen molar-refractivity contribution in [1.29, 1.82) is 0 Å². The summed E-state index contributed by atoms with van der Waals surface area (Å²) in [6.45, 7) is 16.1. The summed E-state index contributed by atoms with van der Waals surface area (Å²) in [7, 11) is 3.39. The highest BCUT2D eigenvalue weighted by atomic mass is 33.1. The third-order valence-corrected chi connectivity index (χ3v) is 5.49. The lowest BCUT2D eigenvalue weighted by Gasteiger charge is -2.13. The Morgan fingerprint density at radius 3 is 1.47 bits per heavy atom. The number of carbonyl (C=O) groups is 2. The zero-order valence-electron chi connectivity index (χ0n) is 18.6. The zero-order chi connectivity index (χ0) is 23.4. The number of esters is 2. The molecule has 0 aromatic carbocycles. The van der Waals surface area contributed by atoms with Gasteiger partial charge < -0.3 is 30.3 Å². The van der Waals surface area contributed by atoms with Gasteiger partial charge in [0.25, 0.3) is 0 Å². The molecule has 2 atom stereocenters. The standard InChI is InChI=1S/C18H32N2O6S2.C2H6/c1-13(2)17(23)25-11-15(21)9-19-5-7-27-28-8-6-20-10-16(22)12-26-18(24)14(3)4;1-2/h15-16,19-22H,1,3,5-12H2,2,4H3;1-2H3. The molecule has 0 radical (unpaired) electrons. The van der Waals surface area contributed by atoms with Crippen molar-refractivity contribution in [2.75, 3.05) is 50.9 Å². The molecule has 0 saturated carbocycles. The Kier molecular flexibility index (Phi) is 22.0. The molecule has 0 spiro atoms. The smallest absolute Gasteiger partial charge is 0.333 e. The molecular weight excluding hydrogens is 428 g/mol. The largest absolute Gasteiger partial charge is 0.460 e. The zero-order valence-corrected chi connectivity index (χ0v) is 20.2. The van der Waals surface area contributed by atoms with E-state index < -0.39 is 24.1 Å². The van der Waals surface area contributed by atoms with E-state index in [0.29, 0.717) is 24.2 Å². The van der Waals surface area contributed by atoms with E-state index in [1.165, 1.54) is 0 Å². The molecule has 2 unspecified atom stereocenters. The summed E-state index contributed by atoms with van der Waals surface area (Å²) in [6, 6.07) is 0. The molecule has 0 aliphatic carbocycles. The topological polar surface area (TPSA) is 117 Å². The Morgan fingerprint density at radius 1 is 0.833 bits per heavy atom. The van der Waals surface area contributed by atoms with Crippen molar-refractivity contribution in [3.8, 4) is 0 Å². The van der Waals surface area contributed by atoms with Crippen LogP contribution >= 0.6 is 21.6 Å². The van der Waals surface area contributed by atoms with Crippen LogP contribution in [-0.2, 0) is 19.1 Å². The third kappa shape index (κ3) is 20.2. The molecule has 176 valence electrons. The van der Waals surface area contributed by atoms with Gasteiger partial charge in [0.2, 0.25) is 0 Å². The number of rotatable bonds is 17. The van der Waals surface area contributed by atoms with E-state index in [-0.39, 0.29) is 13.2 Å². The Hall–Kier alpha value is -1.04. The molecular formula is C20H38N2O6S2. The Balaban J connectivity index is 0. The summed E-state index contributed by atoms with van der Waals surface area (Å²) < 4.78 is 9.72. The van der Waals surface area contributed by atoms with Gasteiger partial charge in [0, 0.05) is 48.8 Å². The molecule has 0 amide bonds. The Labute approximate surface area is 188 Å². The Morgan fingerprint density at radius 2 is 1.17 bits per heavy atom. The second-order valence-electron chi connectivity index (χ2n) is 6.12. The van der Waals surface area contributed by atoms with Gasteiger partial charge in [-0.25, -0.2) is 9.59 Å². The van der Waals surface area contributed by atoms with E-state index in [2.05, 4.69) is 23.8 Å². The molecule has 0 aliphatic rings. The molecule has 0 saturated heterocycles. The van der Waals surface area contributed by atoms with Crippen LogP contribution in [0.3, 0.4) is 0 Å². The fourth-order valence-electron chi connectivity index (χ4n) is 1.59. The number of carbonyl (C=O) groups excluding carboxylic acids is 2. The normalized spacial score (nSPS) is 12.2. The third-order valence-electron chi connectivity index (χ3n) is 3.08. The molecule has 0 heterocycles. The summed E-state index contributed by atoms with van der Waals surface area (Å²) in [5.74, 6) is 0.727. The van der Waals surface area contributed by atoms with Crippen LogP contribution in [0.4, 0.5) is 0 Å². The first-order valence-electron chi connectivity index (χ1n) is 9.91. The lowest BCUT2D eigenvalue weighted by molar-refractivity contribution is -0.142. The monoisotopic (exact) mass is 466 g/mol. The molecule has 8 nitrogen and oxygen atoms in total. The van der Waals surface area contributed by atoms with Gasteiger partial charge in [0.1, 0.15) is 25.4 Å². The van der Waals surface area contributed by atoms with Crippen LogP contribution in [0.15, 0.2) is 24.3 Å². The lowest BCUT2D eigenvalue weighted by Crippen LogP contribution is -2.32. The van der Waals surface area contributed by atoms with Gasteiger partial charge in [-0.2, -0.15) is 0 Å². The predicted octanol–water partition coefficient (Wildman–Crippen LogP) is 1.53. The van der Waals surface area contributed by atoms with Gasteiger partial charge in [0.05, 0.1) is 0 Å². The van der Waals surface area contributed by atoms with Crippen molar-refractivity contribution < 1.29 is 29.3 Å². The van der Waals surface area contributed by atoms with Crippen molar-refractivity contribution in [1.82, 2.24) is 10.6 Å². The van der Waals surface area contributed by atoms with Gasteiger partial charge in [0.15, 0.2) is 0 Å². The fraction of sp³-hybridized carbons (Fsp3) is 0.700. The summed E-state index contributed by atoms with van der Waals surface area (Å²) in [6.07, 6.45) is -1.49. The van der Waals surface area contributed by atoms with Crippen LogP contribution in [0, 0.1) is 0 Å². The van der Waals surface area contributed by atoms with E-state index in [1.807, 2.05) is 13.8 Å². The highest BCUT2D eigenvalue weighted by Gasteiger charge is 2.09. The summed E-state index contributed by atoms with van der Waals surface area (Å²) in [4.78, 5) is 22.4. The van der Waals surface area contributed by atoms with Crippen LogP contribution in [0.25, 0.3) is 0 Å². The molecule has 30 heavy (non-hydrogen) atoms. The summed E-state index contributed by atoms with van der Waals surface area (Å²) >= 11 is 0. The first-order valence-corrected chi connectivity index (χ1v) is 12.4. The van der Waals surface area contributed by atoms with Crippen LogP contribution < -0.4 is 10.6 Å². The summed E-state index contributed by atoms with van der Waals surface area (Å²) in [5, 5.41) is 25.5. The molecule has 0 fully saturated rings. The minimum absolute atomic E-state index is 0.0511. The average Bonchev–Trinajstić information content (AvgIpc) is 2.72. The van der Waals surface area contributed by atoms with Crippen molar-refractivity contribution in [2.24, 2.45) is 0 Å². The molecule has 4 N–H and O–H groups in total. The molecule has 0 aromatic heterocycles. The maximum atomic E-state index is 11.2. The molecule has 0 bridgehead atoms. The number of ether oxygens (including phenoxy) is 2. The van der Waals surface area contributed by atoms with Crippen LogP contribution in [0.5, 0.6) is 0 Å². The maximum absolute atomic E-state index is 11.2. The van der Waals surface area contributed by atoms with Crippen molar-refractivity contribution in [2.45, 2.75) is 39.9 Å². The van der Waals surface area contributed by atoms with Gasteiger partial charge in [-0.1, -0.05) is 48.6 Å². The predicted molar refractivity (Wildman–Crippen MR) is 126 cm³/mol. The second-order valence-corrected chi connectivity index (χ2v) is 8.82. The first-order chi connectivity index (χ1) is 14.2. The minimum atomic E-state index is -0.744. The van der Waals surface area contributed by atoms with E-state index in [1.54, 1.807) is 35.4 Å². The van der Waals surface area contributed by atoms with Crippen LogP contribution in [0.2, 0.25) is 0 Å². The van der Waals surface area contributed by atoms with E-state index in [0.717, 1.165) is 24.6 Å². The number of hydrogen-bond acceptors (Lipinski definition) is 10. The minimum Gasteiger partial charge on any atom is -0.460 e. The fourth-order valence-corrected chi connectivity index (χ4v) is 3.49. The quantitative estimate of drug-likeness (QED) is 0.109. The average molecular weight is 467 g/mol. The van der Waals surface area contributed by atoms with Gasteiger partial charge >= 0.3 is 11.9 Å². The van der Waals surface area contributed by atoms with Crippen molar-refractivity contribution in [3.05, 3.63) is 24.3 Å². The lowest BCUT2D eigenvalue weighted by atomic mass is 10.3. The molecule has 0 aliphatic heterocycles. The summed E-state index contributed by atoms with van der Waals surface area (Å²) in [5.41, 5.74) is 0.618. The molecule has 0 aromatic rings. The highest BCUT2D eigenvalue weighted by molar-refractivity contribution is 8.76. The second kappa shape index (κ2) is 21.2. The molecule has 10 heteroatoms. The first kappa shape index (κ1) is 31.1. The Bertz CT molecular complexity index is 462. The van der Waals surface area contributed by atoms with Gasteiger partial charge in [-0.05, 0) is 13.8 Å². The van der Waals surface area contributed by atoms with Crippen LogP contribution in [-0.4, -0.2) is 85.3 Å². The van der Waals surface area contributed by atoms with Gasteiger partial charge in [-0.3, -0.25) is 0 Å². The molecule has 0 rings (SSSR count). The number of hydrogen-bond donors (Lipinski definition) is 4. The van der Waals surface area contributed by atoms with Crippen molar-refractivity contribution >= 4 is 33.5 Å². The highest BCUT2D eigenvalue weighted by Crippen LogP contribution is 2.19. The van der Waals surface area contributed by atoms with E-state index in [9.17, 15) is 19.8 Å². The van der Waals surface area contributed by atoms with E-state index >= 15 is 0 Å². The SMILES string of the molecule is C=C(C)C(=O)OCC(O)CNCCSSCCNCC(O)COC(=O)C(=C)C.CC.